The van der Waals surface area contributed by atoms with Crippen LogP contribution < -0.4 is 16.0 Å². The topological polar surface area (TPSA) is 106 Å². The summed E-state index contributed by atoms with van der Waals surface area (Å²) in [5, 5.41) is 11.6. The van der Waals surface area contributed by atoms with Crippen LogP contribution in [0.2, 0.25) is 0 Å². The molecule has 1 atom stereocenters. The molecular formula is C31H28N8O. The van der Waals surface area contributed by atoms with Crippen molar-refractivity contribution in [3.8, 4) is 11.8 Å². The van der Waals surface area contributed by atoms with Gasteiger partial charge in [-0.05, 0) is 54.8 Å². The molecule has 1 aliphatic heterocycles. The molecule has 1 unspecified atom stereocenters. The molecule has 0 bridgehead atoms. The molecule has 0 saturated carbocycles. The summed E-state index contributed by atoms with van der Waals surface area (Å²) in [6.45, 7) is 4.66. The highest BCUT2D eigenvalue weighted by Crippen LogP contribution is 2.34. The third kappa shape index (κ3) is 4.56. The van der Waals surface area contributed by atoms with Crippen LogP contribution in [0.5, 0.6) is 0 Å². The maximum Gasteiger partial charge on any atom is 0.259 e. The molecule has 6 rings (SSSR count). The van der Waals surface area contributed by atoms with E-state index in [1.165, 1.54) is 4.52 Å². The number of nitrogens with zero attached hydrogens (tertiary/aromatic N) is 6. The summed E-state index contributed by atoms with van der Waals surface area (Å²) in [5.41, 5.74) is 14.0. The molecule has 0 aliphatic carbocycles. The molecule has 0 fully saturated rings. The Balaban J connectivity index is 1.39. The second kappa shape index (κ2) is 10.1. The van der Waals surface area contributed by atoms with Crippen LogP contribution in [-0.4, -0.2) is 36.3 Å². The van der Waals surface area contributed by atoms with Crippen LogP contribution in [0.25, 0.3) is 11.7 Å². The largest absolute Gasteiger partial charge is 0.381 e. The van der Waals surface area contributed by atoms with Gasteiger partial charge in [-0.25, -0.2) is 9.50 Å². The van der Waals surface area contributed by atoms with Gasteiger partial charge in [0.25, 0.3) is 5.91 Å². The van der Waals surface area contributed by atoms with E-state index in [2.05, 4.69) is 68.4 Å². The zero-order valence-corrected chi connectivity index (χ0v) is 22.5. The van der Waals surface area contributed by atoms with Crippen LogP contribution in [-0.2, 0) is 13.6 Å². The molecule has 3 aromatic heterocycles. The Morgan fingerprint density at radius 2 is 1.98 bits per heavy atom. The maximum atomic E-state index is 13.5. The fourth-order valence-electron chi connectivity index (χ4n) is 5.06. The number of rotatable bonds is 4. The van der Waals surface area contributed by atoms with Gasteiger partial charge in [-0.15, -0.1) is 5.10 Å². The van der Waals surface area contributed by atoms with E-state index < -0.39 is 0 Å². The van der Waals surface area contributed by atoms with Gasteiger partial charge >= 0.3 is 0 Å². The van der Waals surface area contributed by atoms with Crippen LogP contribution in [0.3, 0.4) is 0 Å². The first-order valence-electron chi connectivity index (χ1n) is 13.0. The third-order valence-electron chi connectivity index (χ3n) is 7.04. The molecule has 40 heavy (non-hydrogen) atoms. The molecule has 5 aromatic rings. The minimum atomic E-state index is -0.344. The van der Waals surface area contributed by atoms with Crippen LogP contribution in [0, 0.1) is 18.8 Å². The van der Waals surface area contributed by atoms with Crippen molar-refractivity contribution in [2.24, 2.45) is 7.05 Å². The first-order chi connectivity index (χ1) is 19.4. The Labute approximate surface area is 232 Å². The van der Waals surface area contributed by atoms with Crippen molar-refractivity contribution in [3.05, 3.63) is 112 Å². The summed E-state index contributed by atoms with van der Waals surface area (Å²) >= 11 is 0. The highest BCUT2D eigenvalue weighted by atomic mass is 16.1. The van der Waals surface area contributed by atoms with Crippen LogP contribution in [0.4, 0.5) is 11.5 Å². The smallest absolute Gasteiger partial charge is 0.259 e. The van der Waals surface area contributed by atoms with Crippen molar-refractivity contribution in [1.29, 1.82) is 0 Å². The van der Waals surface area contributed by atoms with Crippen molar-refractivity contribution < 1.29 is 4.79 Å². The maximum absolute atomic E-state index is 13.5. The number of nitrogens with two attached hydrogens (primary N) is 1. The average molecular weight is 529 g/mol. The molecule has 1 aliphatic rings. The van der Waals surface area contributed by atoms with E-state index in [4.69, 9.17) is 5.73 Å². The number of aromatic nitrogens is 5. The number of para-hydroxylation sites is 1. The van der Waals surface area contributed by atoms with Gasteiger partial charge in [0.1, 0.15) is 5.56 Å². The Morgan fingerprint density at radius 3 is 2.77 bits per heavy atom. The molecule has 9 nitrogen and oxygen atoms in total. The highest BCUT2D eigenvalue weighted by Gasteiger charge is 2.28. The first-order valence-corrected chi connectivity index (χ1v) is 13.0. The zero-order chi connectivity index (χ0) is 27.8. The van der Waals surface area contributed by atoms with Gasteiger partial charge in [0.15, 0.2) is 11.5 Å². The normalized spacial score (nSPS) is 13.3. The van der Waals surface area contributed by atoms with Gasteiger partial charge in [0.2, 0.25) is 0 Å². The fourth-order valence-corrected chi connectivity index (χ4v) is 5.06. The fraction of sp³-hybridized carbons (Fsp3) is 0.161. The van der Waals surface area contributed by atoms with Gasteiger partial charge in [-0.1, -0.05) is 42.2 Å². The van der Waals surface area contributed by atoms with Gasteiger partial charge in [0.05, 0.1) is 17.8 Å². The molecule has 2 aromatic carbocycles. The van der Waals surface area contributed by atoms with Crippen molar-refractivity contribution in [2.45, 2.75) is 26.4 Å². The van der Waals surface area contributed by atoms with Crippen molar-refractivity contribution in [3.63, 3.8) is 0 Å². The molecule has 4 heterocycles. The minimum absolute atomic E-state index is 0.138. The van der Waals surface area contributed by atoms with Crippen LogP contribution in [0.15, 0.2) is 79.0 Å². The Kier molecular flexibility index (Phi) is 6.28. The average Bonchev–Trinajstić information content (AvgIpc) is 3.52. The number of anilines is 2. The molecule has 0 radical (unpaired) electrons. The molecule has 1 amide bonds. The second-order valence-electron chi connectivity index (χ2n) is 9.81. The van der Waals surface area contributed by atoms with E-state index in [-0.39, 0.29) is 23.3 Å². The number of hydrogen-bond acceptors (Lipinski definition) is 6. The first kappa shape index (κ1) is 24.9. The van der Waals surface area contributed by atoms with Gasteiger partial charge in [-0.3, -0.25) is 9.48 Å². The van der Waals surface area contributed by atoms with Gasteiger partial charge in [-0.2, -0.15) is 5.10 Å². The standard InChI is InChI=1S/C31H28N8O/c1-20-8-4-5-11-26(20)38-19-25-23(13-12-22-17-34-37(3)18-22)9-6-10-24(25)16-27(38)21(2)35-31(40)28-29(32)36-39-15-7-14-33-30(28)39/h4-11,14-18,21H,19H2,1-3H3,(H2,32,36)(H,35,40). The number of benzene rings is 2. The van der Waals surface area contributed by atoms with E-state index in [0.717, 1.165) is 39.2 Å². The predicted molar refractivity (Wildman–Crippen MR) is 155 cm³/mol. The van der Waals surface area contributed by atoms with Crippen LogP contribution in [0.1, 0.15) is 45.1 Å². The molecule has 9 heteroatoms. The monoisotopic (exact) mass is 528 g/mol. The summed E-state index contributed by atoms with van der Waals surface area (Å²) in [4.78, 5) is 20.0. The van der Waals surface area contributed by atoms with Gasteiger partial charge in [0, 0.05) is 49.1 Å². The summed E-state index contributed by atoms with van der Waals surface area (Å²) in [5.74, 6) is 6.40. The van der Waals surface area contributed by atoms with Crippen molar-refractivity contribution in [1.82, 2.24) is 29.7 Å². The molecule has 198 valence electrons. The lowest BCUT2D eigenvalue weighted by Gasteiger charge is -2.36. The summed E-state index contributed by atoms with van der Waals surface area (Å²) in [6.07, 6.45) is 9.12. The lowest BCUT2D eigenvalue weighted by atomic mass is 9.93. The minimum Gasteiger partial charge on any atom is -0.381 e. The number of nitrogens with one attached hydrogen (secondary N) is 1. The number of amides is 1. The third-order valence-corrected chi connectivity index (χ3v) is 7.04. The summed E-state index contributed by atoms with van der Waals surface area (Å²) in [7, 11) is 1.88. The lowest BCUT2D eigenvalue weighted by Crippen LogP contribution is -2.41. The van der Waals surface area contributed by atoms with Crippen molar-refractivity contribution >= 4 is 29.1 Å². The Hall–Kier alpha value is -5.36. The molecular weight excluding hydrogens is 500 g/mol. The lowest BCUT2D eigenvalue weighted by molar-refractivity contribution is 0.0947. The zero-order valence-electron chi connectivity index (χ0n) is 22.5. The highest BCUT2D eigenvalue weighted by molar-refractivity contribution is 6.04. The van der Waals surface area contributed by atoms with Crippen molar-refractivity contribution in [2.75, 3.05) is 10.6 Å². The summed E-state index contributed by atoms with van der Waals surface area (Å²) in [6, 6.07) is 15.8. The second-order valence-corrected chi connectivity index (χ2v) is 9.81. The van der Waals surface area contributed by atoms with Crippen LogP contribution >= 0.6 is 0 Å². The number of hydrogen-bond donors (Lipinski definition) is 2. The SMILES string of the molecule is Cc1ccccc1N1Cc2c(C#Cc3cnn(C)c3)cccc2C=C1C(C)NC(=O)c1c(N)nn2cccnc12. The van der Waals surface area contributed by atoms with Gasteiger partial charge < -0.3 is 16.0 Å². The number of nitrogen functional groups attached to an aromatic ring is 1. The predicted octanol–water partition coefficient (Wildman–Crippen LogP) is 3.93. The quantitative estimate of drug-likeness (QED) is 0.343. The number of fused-ring (bicyclic) bond motifs is 2. The number of carbonyl (C=O) groups excluding carboxylic acids is 1. The number of carbonyl (C=O) groups is 1. The Morgan fingerprint density at radius 1 is 1.12 bits per heavy atom. The van der Waals surface area contributed by atoms with E-state index in [1.54, 1.807) is 29.3 Å². The Bertz CT molecular complexity index is 1850. The molecule has 0 saturated heterocycles. The molecule has 3 N–H and O–H groups in total. The van der Waals surface area contributed by atoms with E-state index in [9.17, 15) is 4.79 Å². The van der Waals surface area contributed by atoms with E-state index in [1.807, 2.05) is 44.4 Å². The molecule has 0 spiro atoms. The summed E-state index contributed by atoms with van der Waals surface area (Å²) < 4.78 is 3.25. The number of aryl methyl sites for hydroxylation is 2. The van der Waals surface area contributed by atoms with E-state index in [0.29, 0.717) is 12.2 Å². The van der Waals surface area contributed by atoms with E-state index >= 15 is 0 Å².